The van der Waals surface area contributed by atoms with Gasteiger partial charge in [0.05, 0.1) is 0 Å². The third-order valence-electron chi connectivity index (χ3n) is 0.681. The highest BCUT2D eigenvalue weighted by Gasteiger charge is 1.85. The highest BCUT2D eigenvalue weighted by atomic mass is 79.9. The van der Waals surface area contributed by atoms with Gasteiger partial charge in [0.15, 0.2) is 0 Å². The van der Waals surface area contributed by atoms with Crippen molar-refractivity contribution in [2.75, 3.05) is 0 Å². The Hall–Kier alpha value is 0.610. The summed E-state index contributed by atoms with van der Waals surface area (Å²) in [6.07, 6.45) is 0. The van der Waals surface area contributed by atoms with Crippen LogP contribution in [0, 0.1) is 0 Å². The summed E-state index contributed by atoms with van der Waals surface area (Å²) in [4.78, 5) is 0. The first kappa shape index (κ1) is 6.73. The van der Waals surface area contributed by atoms with Crippen LogP contribution in [0.2, 0.25) is 0 Å². The van der Waals surface area contributed by atoms with Crippen LogP contribution in [-0.4, -0.2) is 0 Å². The van der Waals surface area contributed by atoms with E-state index in [2.05, 4.69) is 31.9 Å². The summed E-state index contributed by atoms with van der Waals surface area (Å²) in [6.45, 7) is 0. The van der Waals surface area contributed by atoms with Gasteiger partial charge in [0.1, 0.15) is 0 Å². The van der Waals surface area contributed by atoms with E-state index in [4.69, 9.17) is 0 Å². The van der Waals surface area contributed by atoms with Crippen LogP contribution in [0.15, 0.2) is 26.6 Å². The normalized spacial score (nSPS) is 9.25. The van der Waals surface area contributed by atoms with E-state index >= 15 is 0 Å². The van der Waals surface area contributed by atoms with E-state index in [-0.39, 0.29) is 0 Å². The van der Waals surface area contributed by atoms with Crippen molar-refractivity contribution in [1.29, 1.82) is 0 Å². The van der Waals surface area contributed by atoms with Crippen molar-refractivity contribution >= 4 is 40.1 Å². The van der Waals surface area contributed by atoms with Crippen molar-refractivity contribution < 1.29 is 0 Å². The lowest BCUT2D eigenvalue weighted by atomic mass is 10.6. The standard InChI is InChI=1S/C5H3Br2P/c6-4-2-1-3-5(7)8-4/h1-3H. The van der Waals surface area contributed by atoms with Crippen molar-refractivity contribution in [3.63, 3.8) is 0 Å². The zero-order chi connectivity index (χ0) is 5.98. The predicted octanol–water partition coefficient (Wildman–Crippen LogP) is 3.79. The lowest BCUT2D eigenvalue weighted by Gasteiger charge is -1.86. The molecule has 0 radical (unpaired) electrons. The monoisotopic (exact) mass is 252 g/mol. The molecule has 0 nitrogen and oxygen atoms in total. The van der Waals surface area contributed by atoms with Crippen LogP contribution in [0.3, 0.4) is 0 Å². The largest absolute Gasteiger partial charge is 0.0593 e. The Morgan fingerprint density at radius 2 is 1.62 bits per heavy atom. The Morgan fingerprint density at radius 1 is 1.12 bits per heavy atom. The van der Waals surface area contributed by atoms with Gasteiger partial charge in [-0.2, -0.15) is 0 Å². The molecule has 0 atom stereocenters. The molecule has 0 N–H and O–H groups in total. The highest BCUT2D eigenvalue weighted by Crippen LogP contribution is 2.28. The molecule has 0 saturated carbocycles. The third kappa shape index (κ3) is 1.85. The van der Waals surface area contributed by atoms with Crippen LogP contribution in [0.1, 0.15) is 0 Å². The Bertz CT molecular complexity index is 170. The van der Waals surface area contributed by atoms with Crippen molar-refractivity contribution in [3.8, 4) is 0 Å². The minimum Gasteiger partial charge on any atom is -0.0593 e. The van der Waals surface area contributed by atoms with Crippen LogP contribution >= 0.6 is 40.1 Å². The zero-order valence-electron chi connectivity index (χ0n) is 3.94. The van der Waals surface area contributed by atoms with Gasteiger partial charge in [0.2, 0.25) is 0 Å². The molecule has 0 aromatic carbocycles. The van der Waals surface area contributed by atoms with Crippen molar-refractivity contribution in [1.82, 2.24) is 0 Å². The molecule has 1 rings (SSSR count). The molecule has 42 valence electrons. The average Bonchev–Trinajstić information content (AvgIpc) is 1.64. The maximum atomic E-state index is 3.38. The fraction of sp³-hybridized carbons (Fsp3) is 0. The van der Waals surface area contributed by atoms with Gasteiger partial charge in [0.25, 0.3) is 0 Å². The molecule has 0 aliphatic carbocycles. The molecule has 0 bridgehead atoms. The van der Waals surface area contributed by atoms with Crippen LogP contribution in [0.5, 0.6) is 0 Å². The molecular formula is C5H3Br2P. The fourth-order valence-corrected chi connectivity index (χ4v) is 3.07. The molecule has 0 spiro atoms. The lowest BCUT2D eigenvalue weighted by molar-refractivity contribution is 1.80. The van der Waals surface area contributed by atoms with E-state index in [1.54, 1.807) is 0 Å². The van der Waals surface area contributed by atoms with E-state index < -0.39 is 0 Å². The molecule has 0 aliphatic rings. The third-order valence-corrected chi connectivity index (χ3v) is 3.00. The molecule has 1 aromatic heterocycles. The van der Waals surface area contributed by atoms with E-state index in [9.17, 15) is 0 Å². The SMILES string of the molecule is Brc1cccc(Br)p1. The average molecular weight is 254 g/mol. The highest BCUT2D eigenvalue weighted by molar-refractivity contribution is 9.12. The summed E-state index contributed by atoms with van der Waals surface area (Å²) in [6, 6.07) is 6.07. The lowest BCUT2D eigenvalue weighted by Crippen LogP contribution is -1.53. The first-order chi connectivity index (χ1) is 3.79. The summed E-state index contributed by atoms with van der Waals surface area (Å²) in [7, 11) is 1.22. The second-order valence-corrected chi connectivity index (χ2v) is 5.40. The van der Waals surface area contributed by atoms with Crippen molar-refractivity contribution in [3.05, 3.63) is 26.6 Å². The molecule has 1 heterocycles. The molecule has 3 heteroatoms. The van der Waals surface area contributed by atoms with Crippen LogP contribution in [0.4, 0.5) is 0 Å². The summed E-state index contributed by atoms with van der Waals surface area (Å²) in [5, 5.41) is 0. The Labute approximate surface area is 66.7 Å². The van der Waals surface area contributed by atoms with Crippen LogP contribution in [0.25, 0.3) is 0 Å². The summed E-state index contributed by atoms with van der Waals surface area (Å²) < 4.78 is 2.40. The number of rotatable bonds is 0. The van der Waals surface area contributed by atoms with E-state index in [0.29, 0.717) is 0 Å². The van der Waals surface area contributed by atoms with Crippen LogP contribution < -0.4 is 0 Å². The molecule has 0 fully saturated rings. The Morgan fingerprint density at radius 3 is 1.88 bits per heavy atom. The summed E-state index contributed by atoms with van der Waals surface area (Å²) >= 11 is 6.75. The van der Waals surface area contributed by atoms with Gasteiger partial charge in [0, 0.05) is 8.41 Å². The molecular weight excluding hydrogens is 251 g/mol. The quantitative estimate of drug-likeness (QED) is 0.660. The molecule has 8 heavy (non-hydrogen) atoms. The van der Waals surface area contributed by atoms with Crippen molar-refractivity contribution in [2.45, 2.75) is 0 Å². The van der Waals surface area contributed by atoms with Gasteiger partial charge < -0.3 is 0 Å². The van der Waals surface area contributed by atoms with Gasteiger partial charge in [-0.3, -0.25) is 0 Å². The van der Waals surface area contributed by atoms with Crippen molar-refractivity contribution in [2.24, 2.45) is 0 Å². The topological polar surface area (TPSA) is 0 Å². The summed E-state index contributed by atoms with van der Waals surface area (Å²) in [5.74, 6) is 0. The van der Waals surface area contributed by atoms with Gasteiger partial charge in [-0.25, -0.2) is 0 Å². The Kier molecular flexibility index (Phi) is 2.48. The molecule has 1 aromatic rings. The summed E-state index contributed by atoms with van der Waals surface area (Å²) in [5.41, 5.74) is 0. The number of halogens is 2. The number of hydrogen-bond acceptors (Lipinski definition) is 0. The molecule has 0 amide bonds. The maximum absolute atomic E-state index is 3.38. The predicted molar refractivity (Wildman–Crippen MR) is 44.4 cm³/mol. The molecule has 0 unspecified atom stereocenters. The van der Waals surface area contributed by atoms with E-state index in [0.717, 1.165) is 0 Å². The zero-order valence-corrected chi connectivity index (χ0v) is 8.00. The second-order valence-electron chi connectivity index (χ2n) is 1.28. The van der Waals surface area contributed by atoms with Gasteiger partial charge >= 0.3 is 0 Å². The minimum atomic E-state index is 1.20. The van der Waals surface area contributed by atoms with Gasteiger partial charge in [-0.1, -0.05) is 6.07 Å². The van der Waals surface area contributed by atoms with E-state index in [1.807, 2.05) is 18.2 Å². The van der Waals surface area contributed by atoms with E-state index in [1.165, 1.54) is 16.6 Å². The first-order valence-corrected chi connectivity index (χ1v) is 4.55. The second kappa shape index (κ2) is 2.95. The molecule has 0 aliphatic heterocycles. The fourth-order valence-electron chi connectivity index (χ4n) is 0.383. The van der Waals surface area contributed by atoms with Gasteiger partial charge in [-0.05, 0) is 52.2 Å². The molecule has 0 saturated heterocycles. The van der Waals surface area contributed by atoms with Gasteiger partial charge in [-0.15, -0.1) is 0 Å². The Balaban J connectivity index is 3.08. The first-order valence-electron chi connectivity index (χ1n) is 2.07. The van der Waals surface area contributed by atoms with Crippen LogP contribution in [-0.2, 0) is 0 Å². The number of hydrogen-bond donors (Lipinski definition) is 0. The smallest absolute Gasteiger partial charge is 0.0458 e. The minimum absolute atomic E-state index is 1.20. The maximum Gasteiger partial charge on any atom is 0.0458 e.